The van der Waals surface area contributed by atoms with Gasteiger partial charge < -0.3 is 0 Å². The Balaban J connectivity index is 3.65. The maximum atomic E-state index is 10.7. The molecule has 0 aromatic carbocycles. The van der Waals surface area contributed by atoms with Crippen molar-refractivity contribution in [2.45, 2.75) is 15.5 Å². The van der Waals surface area contributed by atoms with Gasteiger partial charge in [0.1, 0.15) is 3.74 Å². The zero-order valence-electron chi connectivity index (χ0n) is 4.20. The Morgan fingerprint density at radius 2 is 1.75 bits per heavy atom. The number of carbonyl (C=O) groups excluding carboxylic acids is 1. The van der Waals surface area contributed by atoms with E-state index in [1.54, 1.807) is 6.92 Å². The van der Waals surface area contributed by atoms with Crippen LogP contribution in [0.15, 0.2) is 0 Å². The molecule has 0 spiro atoms. The molecule has 0 saturated heterocycles. The highest BCUT2D eigenvalue weighted by Gasteiger charge is 2.14. The molecule has 0 heterocycles. The molecule has 8 heavy (non-hydrogen) atoms. The Hall–Kier alpha value is 1.11. The highest BCUT2D eigenvalue weighted by molar-refractivity contribution is 9.25. The lowest BCUT2D eigenvalue weighted by molar-refractivity contribution is -0.116. The van der Waals surface area contributed by atoms with Gasteiger partial charge in [-0.2, -0.15) is 0 Å². The molecule has 0 N–H and O–H groups in total. The van der Waals surface area contributed by atoms with Crippen LogP contribution in [0.5, 0.6) is 0 Å². The summed E-state index contributed by atoms with van der Waals surface area (Å²) < 4.78 is -0.218. The number of Topliss-reactive ketones (excluding diaryl/α,β-unsaturated/α-hetero) is 1. The van der Waals surface area contributed by atoms with Crippen molar-refractivity contribution in [2.75, 3.05) is 0 Å². The summed E-state index contributed by atoms with van der Waals surface area (Å²) in [5.74, 6) is 0.102. The third kappa shape index (κ3) is 3.20. The fourth-order valence-corrected chi connectivity index (χ4v) is 1.94. The average molecular weight is 309 g/mol. The Kier molecular flexibility index (Phi) is 4.57. The molecule has 0 radical (unpaired) electrons. The van der Waals surface area contributed by atoms with E-state index in [-0.39, 0.29) is 14.3 Å². The van der Waals surface area contributed by atoms with Gasteiger partial charge in [0.15, 0.2) is 5.78 Å². The fraction of sp³-hybridized carbons (Fsp3) is 0.750. The molecule has 1 nitrogen and oxygen atoms in total. The molecule has 4 heteroatoms. The second-order valence-corrected chi connectivity index (χ2v) is 5.75. The van der Waals surface area contributed by atoms with Gasteiger partial charge in [0.05, 0.1) is 4.83 Å². The number of alkyl halides is 3. The minimum atomic E-state index is -0.218. The summed E-state index contributed by atoms with van der Waals surface area (Å²) in [4.78, 5) is 10.6. The normalized spacial score (nSPS) is 14.1. The van der Waals surface area contributed by atoms with Crippen LogP contribution in [0.25, 0.3) is 0 Å². The van der Waals surface area contributed by atoms with Gasteiger partial charge in [-0.15, -0.1) is 0 Å². The van der Waals surface area contributed by atoms with E-state index < -0.39 is 0 Å². The quantitative estimate of drug-likeness (QED) is 0.716. The zero-order chi connectivity index (χ0) is 6.73. The molecule has 0 aliphatic carbocycles. The summed E-state index contributed by atoms with van der Waals surface area (Å²) in [5, 5.41) is 0. The molecule has 0 aliphatic rings. The van der Waals surface area contributed by atoms with Crippen LogP contribution in [0.4, 0.5) is 0 Å². The number of hydrogen-bond donors (Lipinski definition) is 0. The van der Waals surface area contributed by atoms with E-state index in [0.29, 0.717) is 0 Å². The SMILES string of the molecule is CC(Br)C(=O)C(Br)Br. The number of rotatable bonds is 2. The third-order valence-electron chi connectivity index (χ3n) is 0.607. The fourth-order valence-electron chi connectivity index (χ4n) is 0.174. The van der Waals surface area contributed by atoms with Gasteiger partial charge in [-0.1, -0.05) is 47.8 Å². The van der Waals surface area contributed by atoms with E-state index in [1.165, 1.54) is 0 Å². The molecule has 0 aromatic heterocycles. The second kappa shape index (κ2) is 4.01. The summed E-state index contributed by atoms with van der Waals surface area (Å²) >= 11 is 9.29. The molecular weight excluding hydrogens is 304 g/mol. The van der Waals surface area contributed by atoms with Crippen LogP contribution >= 0.6 is 47.8 Å². The highest BCUT2D eigenvalue weighted by Crippen LogP contribution is 2.14. The van der Waals surface area contributed by atoms with E-state index in [9.17, 15) is 4.79 Å². The van der Waals surface area contributed by atoms with Gasteiger partial charge in [-0.25, -0.2) is 0 Å². The molecule has 48 valence electrons. The number of halogens is 3. The number of hydrogen-bond acceptors (Lipinski definition) is 1. The van der Waals surface area contributed by atoms with Crippen molar-refractivity contribution >= 4 is 53.6 Å². The van der Waals surface area contributed by atoms with Crippen molar-refractivity contribution in [3.8, 4) is 0 Å². The van der Waals surface area contributed by atoms with E-state index in [1.807, 2.05) is 0 Å². The standard InChI is InChI=1S/C4H5Br3O/c1-2(5)3(8)4(6)7/h2,4H,1H3. The first-order valence-electron chi connectivity index (χ1n) is 2.01. The van der Waals surface area contributed by atoms with Crippen molar-refractivity contribution in [1.29, 1.82) is 0 Å². The first kappa shape index (κ1) is 9.11. The summed E-state index contributed by atoms with van der Waals surface area (Å²) in [5.41, 5.74) is 0. The topological polar surface area (TPSA) is 17.1 Å². The van der Waals surface area contributed by atoms with Crippen LogP contribution in [0, 0.1) is 0 Å². The van der Waals surface area contributed by atoms with Crippen LogP contribution in [0.3, 0.4) is 0 Å². The third-order valence-corrected chi connectivity index (χ3v) is 1.96. The molecule has 0 rings (SSSR count). The zero-order valence-corrected chi connectivity index (χ0v) is 8.95. The van der Waals surface area contributed by atoms with Gasteiger partial charge in [0, 0.05) is 0 Å². The van der Waals surface area contributed by atoms with Crippen LogP contribution in [0.2, 0.25) is 0 Å². The van der Waals surface area contributed by atoms with Crippen molar-refractivity contribution in [2.24, 2.45) is 0 Å². The minimum Gasteiger partial charge on any atom is -0.296 e. The van der Waals surface area contributed by atoms with Crippen LogP contribution in [-0.4, -0.2) is 14.3 Å². The van der Waals surface area contributed by atoms with Crippen LogP contribution in [0.1, 0.15) is 6.92 Å². The van der Waals surface area contributed by atoms with Gasteiger partial charge in [0.2, 0.25) is 0 Å². The molecule has 0 aliphatic heterocycles. The first-order chi connectivity index (χ1) is 3.55. The number of carbonyl (C=O) groups is 1. The van der Waals surface area contributed by atoms with Gasteiger partial charge in [-0.3, -0.25) is 4.79 Å². The molecule has 1 unspecified atom stereocenters. The highest BCUT2D eigenvalue weighted by atomic mass is 79.9. The second-order valence-electron chi connectivity index (χ2n) is 1.32. The molecule has 0 amide bonds. The summed E-state index contributed by atoms with van der Waals surface area (Å²) in [6.07, 6.45) is 0. The maximum absolute atomic E-state index is 10.7. The Labute approximate surface area is 73.6 Å². The van der Waals surface area contributed by atoms with Gasteiger partial charge >= 0.3 is 0 Å². The Morgan fingerprint density at radius 3 is 1.75 bits per heavy atom. The molecule has 0 fully saturated rings. The van der Waals surface area contributed by atoms with Gasteiger partial charge in [0.25, 0.3) is 0 Å². The monoisotopic (exact) mass is 306 g/mol. The van der Waals surface area contributed by atoms with Crippen LogP contribution < -0.4 is 0 Å². The maximum Gasteiger partial charge on any atom is 0.170 e. The molecule has 0 bridgehead atoms. The van der Waals surface area contributed by atoms with Crippen LogP contribution in [-0.2, 0) is 4.79 Å². The Morgan fingerprint density at radius 1 is 1.38 bits per heavy atom. The van der Waals surface area contributed by atoms with Crippen molar-refractivity contribution in [3.05, 3.63) is 0 Å². The van der Waals surface area contributed by atoms with Crippen molar-refractivity contribution in [1.82, 2.24) is 0 Å². The lowest BCUT2D eigenvalue weighted by Crippen LogP contribution is -2.15. The molecule has 0 aromatic rings. The minimum absolute atomic E-state index is 0.0775. The van der Waals surface area contributed by atoms with E-state index in [0.717, 1.165) is 0 Å². The van der Waals surface area contributed by atoms with Crippen molar-refractivity contribution < 1.29 is 4.79 Å². The van der Waals surface area contributed by atoms with E-state index in [2.05, 4.69) is 47.8 Å². The predicted octanol–water partition coefficient (Wildman–Crippen LogP) is 2.45. The molecular formula is C4H5Br3O. The smallest absolute Gasteiger partial charge is 0.170 e. The predicted molar refractivity (Wildman–Crippen MR) is 45.0 cm³/mol. The number of ketones is 1. The lowest BCUT2D eigenvalue weighted by Gasteiger charge is -2.00. The first-order valence-corrected chi connectivity index (χ1v) is 4.76. The molecule has 1 atom stereocenters. The Bertz CT molecular complexity index is 79.3. The largest absolute Gasteiger partial charge is 0.296 e. The molecule has 0 saturated carbocycles. The summed E-state index contributed by atoms with van der Waals surface area (Å²) in [7, 11) is 0. The lowest BCUT2D eigenvalue weighted by atomic mass is 10.4. The van der Waals surface area contributed by atoms with E-state index >= 15 is 0 Å². The van der Waals surface area contributed by atoms with E-state index in [4.69, 9.17) is 0 Å². The average Bonchev–Trinajstić information content (AvgIpc) is 1.64. The summed E-state index contributed by atoms with van der Waals surface area (Å²) in [6, 6.07) is 0. The van der Waals surface area contributed by atoms with Gasteiger partial charge in [-0.05, 0) is 6.92 Å². The van der Waals surface area contributed by atoms with Crippen molar-refractivity contribution in [3.63, 3.8) is 0 Å². The summed E-state index contributed by atoms with van der Waals surface area (Å²) in [6.45, 7) is 1.79.